The summed E-state index contributed by atoms with van der Waals surface area (Å²) in [7, 11) is 0. The van der Waals surface area contributed by atoms with E-state index >= 15 is 0 Å². The van der Waals surface area contributed by atoms with Crippen LogP contribution in [0.1, 0.15) is 36.2 Å². The number of carbonyl (C=O) groups is 2. The Hall–Kier alpha value is -1.49. The first kappa shape index (κ1) is 15.9. The topological polar surface area (TPSA) is 57.6 Å². The Bertz CT molecular complexity index is 544. The number of hydrogen-bond acceptors (Lipinski definition) is 3. The standard InChI is InChI=1S/C16H21NO3S/c1-10(2)8-14-17(13(9-21-14)16(19)20)15(18)12-7-5-4-6-11(12)3/h4-7,10,13-14H,8-9H2,1-3H3,(H,19,20)/t13-,14-/m1/s1. The first-order valence-electron chi connectivity index (χ1n) is 7.14. The van der Waals surface area contributed by atoms with Crippen molar-refractivity contribution in [3.05, 3.63) is 35.4 Å². The molecule has 1 saturated heterocycles. The highest BCUT2D eigenvalue weighted by Gasteiger charge is 2.42. The molecule has 1 aliphatic rings. The molecule has 0 radical (unpaired) electrons. The lowest BCUT2D eigenvalue weighted by molar-refractivity contribution is -0.141. The SMILES string of the molecule is Cc1ccccc1C(=O)N1[C@@H](C(=O)O)CS[C@@H]1CC(C)C. The Kier molecular flexibility index (Phi) is 4.93. The summed E-state index contributed by atoms with van der Waals surface area (Å²) in [5, 5.41) is 9.34. The van der Waals surface area contributed by atoms with Crippen LogP contribution in [-0.4, -0.2) is 39.1 Å². The first-order valence-corrected chi connectivity index (χ1v) is 8.19. The fraction of sp³-hybridized carbons (Fsp3) is 0.500. The van der Waals surface area contributed by atoms with Crippen LogP contribution in [0.4, 0.5) is 0 Å². The average Bonchev–Trinajstić information content (AvgIpc) is 2.81. The number of carboxylic acids is 1. The van der Waals surface area contributed by atoms with Gasteiger partial charge >= 0.3 is 5.97 Å². The Balaban J connectivity index is 2.32. The predicted octanol–water partition coefficient (Wildman–Crippen LogP) is 3.01. The lowest BCUT2D eigenvalue weighted by atomic mass is 10.0. The largest absolute Gasteiger partial charge is 0.480 e. The van der Waals surface area contributed by atoms with Gasteiger partial charge in [0.15, 0.2) is 0 Å². The van der Waals surface area contributed by atoms with Gasteiger partial charge in [0.1, 0.15) is 6.04 Å². The molecule has 2 atom stereocenters. The zero-order valence-corrected chi connectivity index (χ0v) is 13.4. The zero-order valence-electron chi connectivity index (χ0n) is 12.6. The molecule has 1 aliphatic heterocycles. The van der Waals surface area contributed by atoms with Gasteiger partial charge in [-0.25, -0.2) is 4.79 Å². The van der Waals surface area contributed by atoms with Crippen LogP contribution >= 0.6 is 11.8 Å². The number of benzene rings is 1. The Morgan fingerprint density at radius 2 is 2.05 bits per heavy atom. The first-order chi connectivity index (χ1) is 9.91. The summed E-state index contributed by atoms with van der Waals surface area (Å²) >= 11 is 1.57. The minimum Gasteiger partial charge on any atom is -0.480 e. The third kappa shape index (κ3) is 3.40. The summed E-state index contributed by atoms with van der Waals surface area (Å²) in [5.74, 6) is -0.210. The van der Waals surface area contributed by atoms with E-state index in [-0.39, 0.29) is 11.3 Å². The van der Waals surface area contributed by atoms with Crippen LogP contribution in [-0.2, 0) is 4.79 Å². The molecule has 114 valence electrons. The highest BCUT2D eigenvalue weighted by Crippen LogP contribution is 2.35. The van der Waals surface area contributed by atoms with Crippen LogP contribution in [0.5, 0.6) is 0 Å². The smallest absolute Gasteiger partial charge is 0.327 e. The van der Waals surface area contributed by atoms with Crippen molar-refractivity contribution in [3.8, 4) is 0 Å². The van der Waals surface area contributed by atoms with Crippen LogP contribution in [0.25, 0.3) is 0 Å². The molecule has 1 amide bonds. The second-order valence-electron chi connectivity index (χ2n) is 5.80. The monoisotopic (exact) mass is 307 g/mol. The average molecular weight is 307 g/mol. The molecule has 5 heteroatoms. The number of aryl methyl sites for hydroxylation is 1. The van der Waals surface area contributed by atoms with Crippen molar-refractivity contribution in [2.24, 2.45) is 5.92 Å². The molecule has 0 aliphatic carbocycles. The van der Waals surface area contributed by atoms with E-state index in [0.717, 1.165) is 12.0 Å². The fourth-order valence-electron chi connectivity index (χ4n) is 2.56. The number of rotatable bonds is 4. The van der Waals surface area contributed by atoms with E-state index in [1.165, 1.54) is 0 Å². The van der Waals surface area contributed by atoms with Crippen molar-refractivity contribution in [2.75, 3.05) is 5.75 Å². The predicted molar refractivity (Wildman–Crippen MR) is 84.5 cm³/mol. The van der Waals surface area contributed by atoms with Gasteiger partial charge in [-0.3, -0.25) is 4.79 Å². The van der Waals surface area contributed by atoms with Gasteiger partial charge in [0.2, 0.25) is 0 Å². The quantitative estimate of drug-likeness (QED) is 0.929. The molecule has 2 rings (SSSR count). The highest BCUT2D eigenvalue weighted by atomic mass is 32.2. The van der Waals surface area contributed by atoms with E-state index in [0.29, 0.717) is 17.2 Å². The summed E-state index contributed by atoms with van der Waals surface area (Å²) in [5.41, 5.74) is 1.48. The van der Waals surface area contributed by atoms with Gasteiger partial charge in [-0.15, -0.1) is 11.8 Å². The highest BCUT2D eigenvalue weighted by molar-refractivity contribution is 8.00. The summed E-state index contributed by atoms with van der Waals surface area (Å²) < 4.78 is 0. The Labute approximate surface area is 129 Å². The number of carbonyl (C=O) groups excluding carboxylic acids is 1. The van der Waals surface area contributed by atoms with E-state index < -0.39 is 12.0 Å². The van der Waals surface area contributed by atoms with E-state index in [1.54, 1.807) is 22.7 Å². The summed E-state index contributed by atoms with van der Waals surface area (Å²) in [6.07, 6.45) is 0.812. The second kappa shape index (κ2) is 6.52. The van der Waals surface area contributed by atoms with Gasteiger partial charge in [-0.2, -0.15) is 0 Å². The van der Waals surface area contributed by atoms with E-state index in [9.17, 15) is 14.7 Å². The van der Waals surface area contributed by atoms with Crippen molar-refractivity contribution < 1.29 is 14.7 Å². The molecular formula is C16H21NO3S. The molecule has 1 N–H and O–H groups in total. The molecule has 0 bridgehead atoms. The fourth-order valence-corrected chi connectivity index (χ4v) is 4.19. The van der Waals surface area contributed by atoms with Crippen LogP contribution in [0, 0.1) is 12.8 Å². The molecule has 0 saturated carbocycles. The van der Waals surface area contributed by atoms with Gasteiger partial charge in [0, 0.05) is 11.3 Å². The van der Waals surface area contributed by atoms with E-state index in [1.807, 2.05) is 25.1 Å². The molecule has 0 unspecified atom stereocenters. The number of aliphatic carboxylic acids is 1. The van der Waals surface area contributed by atoms with Crippen molar-refractivity contribution in [3.63, 3.8) is 0 Å². The van der Waals surface area contributed by atoms with Crippen LogP contribution in [0.15, 0.2) is 24.3 Å². The van der Waals surface area contributed by atoms with Gasteiger partial charge in [-0.1, -0.05) is 32.0 Å². The van der Waals surface area contributed by atoms with E-state index in [4.69, 9.17) is 0 Å². The third-order valence-electron chi connectivity index (χ3n) is 3.66. The molecular weight excluding hydrogens is 286 g/mol. The maximum absolute atomic E-state index is 12.8. The van der Waals surface area contributed by atoms with Crippen molar-refractivity contribution >= 4 is 23.6 Å². The lowest BCUT2D eigenvalue weighted by Gasteiger charge is -2.29. The van der Waals surface area contributed by atoms with Crippen molar-refractivity contribution in [2.45, 2.75) is 38.6 Å². The summed E-state index contributed by atoms with van der Waals surface area (Å²) in [6.45, 7) is 6.06. The number of carboxylic acid groups (broad SMARTS) is 1. The van der Waals surface area contributed by atoms with Crippen molar-refractivity contribution in [1.29, 1.82) is 0 Å². The summed E-state index contributed by atoms with van der Waals surface area (Å²) in [6, 6.07) is 6.61. The number of hydrogen-bond donors (Lipinski definition) is 1. The number of amides is 1. The van der Waals surface area contributed by atoms with Gasteiger partial charge in [0.05, 0.1) is 5.37 Å². The zero-order chi connectivity index (χ0) is 15.6. The summed E-state index contributed by atoms with van der Waals surface area (Å²) in [4.78, 5) is 25.8. The van der Waals surface area contributed by atoms with Crippen LogP contribution < -0.4 is 0 Å². The van der Waals surface area contributed by atoms with Crippen LogP contribution in [0.3, 0.4) is 0 Å². The molecule has 0 aromatic heterocycles. The van der Waals surface area contributed by atoms with Gasteiger partial charge in [0.25, 0.3) is 5.91 Å². The normalized spacial score (nSPS) is 21.8. The van der Waals surface area contributed by atoms with Gasteiger partial charge < -0.3 is 10.0 Å². The molecule has 4 nitrogen and oxygen atoms in total. The minimum absolute atomic E-state index is 0.0572. The maximum atomic E-state index is 12.8. The molecule has 1 aromatic rings. The minimum atomic E-state index is -0.921. The van der Waals surface area contributed by atoms with Crippen molar-refractivity contribution in [1.82, 2.24) is 4.90 Å². The van der Waals surface area contributed by atoms with Crippen LogP contribution in [0.2, 0.25) is 0 Å². The molecule has 1 fully saturated rings. The Morgan fingerprint density at radius 3 is 2.62 bits per heavy atom. The second-order valence-corrected chi connectivity index (χ2v) is 7.01. The third-order valence-corrected chi connectivity index (χ3v) is 4.97. The lowest BCUT2D eigenvalue weighted by Crippen LogP contribution is -2.46. The number of nitrogens with zero attached hydrogens (tertiary/aromatic N) is 1. The van der Waals surface area contributed by atoms with Gasteiger partial charge in [-0.05, 0) is 30.9 Å². The van der Waals surface area contributed by atoms with E-state index in [2.05, 4.69) is 13.8 Å². The number of thioether (sulfide) groups is 1. The Morgan fingerprint density at radius 1 is 1.38 bits per heavy atom. The molecule has 1 aromatic carbocycles. The maximum Gasteiger partial charge on any atom is 0.327 e. The molecule has 0 spiro atoms. The molecule has 1 heterocycles. The molecule has 21 heavy (non-hydrogen) atoms.